The number of nitrogens with zero attached hydrogens (tertiary/aromatic N) is 2. The first kappa shape index (κ1) is 29.4. The minimum absolute atomic E-state index is 0.113. The minimum Gasteiger partial charge on any atom is -0.411 e. The van der Waals surface area contributed by atoms with Gasteiger partial charge in [0.1, 0.15) is 6.04 Å². The van der Waals surface area contributed by atoms with Crippen LogP contribution in [0.3, 0.4) is 0 Å². The van der Waals surface area contributed by atoms with E-state index in [1.165, 1.54) is 6.21 Å². The molecule has 2 amide bonds. The molecule has 0 aromatic heterocycles. The van der Waals surface area contributed by atoms with Crippen LogP contribution in [0.15, 0.2) is 47.1 Å². The number of nitrogens with one attached hydrogen (secondary N) is 1. The quantitative estimate of drug-likeness (QED) is 0.272. The van der Waals surface area contributed by atoms with Crippen LogP contribution in [0.2, 0.25) is 0 Å². The van der Waals surface area contributed by atoms with Crippen molar-refractivity contribution in [2.45, 2.75) is 86.2 Å². The Labute approximate surface area is 206 Å². The monoisotopic (exact) mass is 471 g/mol. The maximum atomic E-state index is 13.7. The molecule has 6 nitrogen and oxygen atoms in total. The molecule has 0 fully saturated rings. The van der Waals surface area contributed by atoms with Crippen molar-refractivity contribution in [3.05, 3.63) is 47.5 Å². The van der Waals surface area contributed by atoms with E-state index >= 15 is 0 Å². The molecule has 34 heavy (non-hydrogen) atoms. The first-order chi connectivity index (χ1) is 15.7. The van der Waals surface area contributed by atoms with Gasteiger partial charge in [-0.3, -0.25) is 9.59 Å². The van der Waals surface area contributed by atoms with E-state index < -0.39 is 11.5 Å². The number of hydrogen-bond donors (Lipinski definition) is 2. The molecule has 3 atom stereocenters. The summed E-state index contributed by atoms with van der Waals surface area (Å²) >= 11 is 0. The first-order valence-electron chi connectivity index (χ1n) is 12.2. The summed E-state index contributed by atoms with van der Waals surface area (Å²) in [5.41, 5.74) is 0.983. The summed E-state index contributed by atoms with van der Waals surface area (Å²) in [5, 5.41) is 15.1. The number of likely N-dealkylation sites (N-methyl/N-ethyl adjacent to an activating group) is 1. The third-order valence-corrected chi connectivity index (χ3v) is 6.69. The lowest BCUT2D eigenvalue weighted by molar-refractivity contribution is -0.141. The molecule has 0 saturated carbocycles. The van der Waals surface area contributed by atoms with Gasteiger partial charge < -0.3 is 15.4 Å². The molecule has 0 bridgehead atoms. The van der Waals surface area contributed by atoms with Crippen LogP contribution in [-0.4, -0.2) is 47.3 Å². The molecule has 0 spiro atoms. The Morgan fingerprint density at radius 2 is 1.68 bits per heavy atom. The van der Waals surface area contributed by atoms with Crippen LogP contribution in [0.5, 0.6) is 0 Å². The van der Waals surface area contributed by atoms with Gasteiger partial charge in [0.2, 0.25) is 11.8 Å². The maximum absolute atomic E-state index is 13.7. The van der Waals surface area contributed by atoms with E-state index in [4.69, 9.17) is 5.21 Å². The zero-order chi connectivity index (χ0) is 26.3. The number of rotatable bonds is 10. The van der Waals surface area contributed by atoms with Gasteiger partial charge in [0.25, 0.3) is 0 Å². The Hall–Kier alpha value is -2.63. The van der Waals surface area contributed by atoms with Gasteiger partial charge in [-0.1, -0.05) is 97.0 Å². The van der Waals surface area contributed by atoms with Crippen molar-refractivity contribution in [3.8, 4) is 0 Å². The number of carbonyl (C=O) groups is 2. The zero-order valence-corrected chi connectivity index (χ0v) is 22.7. The van der Waals surface area contributed by atoms with Gasteiger partial charge in [-0.05, 0) is 35.8 Å². The van der Waals surface area contributed by atoms with E-state index in [2.05, 4.69) is 24.3 Å². The summed E-state index contributed by atoms with van der Waals surface area (Å²) in [6.45, 7) is 18.0. The van der Waals surface area contributed by atoms with Crippen LogP contribution in [0.4, 0.5) is 0 Å². The lowest BCUT2D eigenvalue weighted by atomic mass is 9.71. The van der Waals surface area contributed by atoms with Gasteiger partial charge in [-0.15, -0.1) is 0 Å². The van der Waals surface area contributed by atoms with E-state index in [1.54, 1.807) is 11.9 Å². The third-order valence-electron chi connectivity index (χ3n) is 6.69. The summed E-state index contributed by atoms with van der Waals surface area (Å²) in [4.78, 5) is 29.0. The van der Waals surface area contributed by atoms with Crippen molar-refractivity contribution in [2.75, 3.05) is 7.05 Å². The summed E-state index contributed by atoms with van der Waals surface area (Å²) in [5.74, 6) is -0.412. The standard InChI is InChI=1S/C28H45N3O3/c1-11-22(28(8,9)21-15-13-12-14-16-21)25(32)30-24(27(5,6)7)26(33)31(10)23(19(2)3)17-20(4)18-29-34/h12-19,22-24,34H,11H2,1-10H3,(H,30,32)/b20-17+,29-18+/t22-,23-,24?/m1/s1. The summed E-state index contributed by atoms with van der Waals surface area (Å²) in [6, 6.07) is 9.14. The van der Waals surface area contributed by atoms with E-state index in [-0.39, 0.29) is 35.1 Å². The van der Waals surface area contributed by atoms with Crippen molar-refractivity contribution in [3.63, 3.8) is 0 Å². The fraction of sp³-hybridized carbons (Fsp3) is 0.607. The highest BCUT2D eigenvalue weighted by Gasteiger charge is 2.41. The Kier molecular flexibility index (Phi) is 10.5. The highest BCUT2D eigenvalue weighted by atomic mass is 16.4. The van der Waals surface area contributed by atoms with Crippen molar-refractivity contribution in [1.29, 1.82) is 0 Å². The van der Waals surface area contributed by atoms with Gasteiger partial charge in [0.05, 0.1) is 12.3 Å². The average molecular weight is 472 g/mol. The van der Waals surface area contributed by atoms with Crippen LogP contribution in [0, 0.1) is 17.3 Å². The maximum Gasteiger partial charge on any atom is 0.245 e. The van der Waals surface area contributed by atoms with Crippen LogP contribution < -0.4 is 5.32 Å². The normalized spacial score (nSPS) is 15.8. The minimum atomic E-state index is -0.688. The molecule has 0 aliphatic carbocycles. The fourth-order valence-electron chi connectivity index (χ4n) is 4.49. The number of carbonyl (C=O) groups excluding carboxylic acids is 2. The van der Waals surface area contributed by atoms with E-state index in [9.17, 15) is 9.59 Å². The molecule has 0 aliphatic heterocycles. The second kappa shape index (κ2) is 12.2. The lowest BCUT2D eigenvalue weighted by Gasteiger charge is -2.39. The van der Waals surface area contributed by atoms with Gasteiger partial charge in [-0.25, -0.2) is 0 Å². The Morgan fingerprint density at radius 3 is 2.12 bits per heavy atom. The second-order valence-electron chi connectivity index (χ2n) is 11.2. The molecule has 1 unspecified atom stereocenters. The number of hydrogen-bond acceptors (Lipinski definition) is 4. The molecule has 1 rings (SSSR count). The molecule has 190 valence electrons. The van der Waals surface area contributed by atoms with Crippen molar-refractivity contribution in [1.82, 2.24) is 10.2 Å². The molecule has 1 aromatic carbocycles. The molecule has 0 heterocycles. The molecule has 0 radical (unpaired) electrons. The van der Waals surface area contributed by atoms with Gasteiger partial charge in [-0.2, -0.15) is 0 Å². The summed E-state index contributed by atoms with van der Waals surface area (Å²) in [7, 11) is 1.77. The van der Waals surface area contributed by atoms with Crippen LogP contribution in [0.1, 0.15) is 74.3 Å². The highest BCUT2D eigenvalue weighted by molar-refractivity contribution is 5.90. The second-order valence-corrected chi connectivity index (χ2v) is 11.2. The largest absolute Gasteiger partial charge is 0.411 e. The van der Waals surface area contributed by atoms with Crippen molar-refractivity contribution < 1.29 is 14.8 Å². The molecule has 0 aliphatic rings. The van der Waals surface area contributed by atoms with Crippen LogP contribution in [0.25, 0.3) is 0 Å². The topological polar surface area (TPSA) is 82.0 Å². The summed E-state index contributed by atoms with van der Waals surface area (Å²) in [6.07, 6.45) is 3.93. The number of amides is 2. The van der Waals surface area contributed by atoms with Gasteiger partial charge in [0, 0.05) is 18.4 Å². The average Bonchev–Trinajstić information content (AvgIpc) is 2.75. The fourth-order valence-corrected chi connectivity index (χ4v) is 4.49. The Morgan fingerprint density at radius 1 is 1.12 bits per heavy atom. The number of oxime groups is 1. The van der Waals surface area contributed by atoms with E-state index in [1.807, 2.05) is 84.9 Å². The van der Waals surface area contributed by atoms with Crippen LogP contribution in [-0.2, 0) is 15.0 Å². The van der Waals surface area contributed by atoms with E-state index in [0.29, 0.717) is 6.42 Å². The Balaban J connectivity index is 3.27. The summed E-state index contributed by atoms with van der Waals surface area (Å²) < 4.78 is 0. The number of benzene rings is 1. The van der Waals surface area contributed by atoms with Crippen LogP contribution >= 0.6 is 0 Å². The zero-order valence-electron chi connectivity index (χ0n) is 22.7. The molecule has 6 heteroatoms. The molecular weight excluding hydrogens is 426 g/mol. The molecule has 1 aromatic rings. The van der Waals surface area contributed by atoms with E-state index in [0.717, 1.165) is 11.1 Å². The predicted molar refractivity (Wildman–Crippen MR) is 140 cm³/mol. The predicted octanol–water partition coefficient (Wildman–Crippen LogP) is 5.41. The van der Waals surface area contributed by atoms with Crippen molar-refractivity contribution >= 4 is 18.0 Å². The smallest absolute Gasteiger partial charge is 0.245 e. The number of allylic oxidation sites excluding steroid dienone is 1. The first-order valence-corrected chi connectivity index (χ1v) is 12.2. The Bertz CT molecular complexity index is 867. The molecular formula is C28H45N3O3. The van der Waals surface area contributed by atoms with Crippen molar-refractivity contribution in [2.24, 2.45) is 22.4 Å². The highest BCUT2D eigenvalue weighted by Crippen LogP contribution is 2.34. The lowest BCUT2D eigenvalue weighted by Crippen LogP contribution is -2.58. The van der Waals surface area contributed by atoms with Gasteiger partial charge in [0.15, 0.2) is 0 Å². The molecule has 0 saturated heterocycles. The molecule has 2 N–H and O–H groups in total. The third kappa shape index (κ3) is 7.44. The SMILES string of the molecule is CC[C@H](C(=O)NC(C(=O)N(C)[C@H](/C=C(C)/C=N/O)C(C)C)C(C)(C)C)C(C)(C)c1ccccc1. The van der Waals surface area contributed by atoms with Gasteiger partial charge >= 0.3 is 0 Å².